The van der Waals surface area contributed by atoms with Gasteiger partial charge >= 0.3 is 0 Å². The molecule has 8 nitrogen and oxygen atoms in total. The predicted octanol–water partition coefficient (Wildman–Crippen LogP) is 2.75. The Balaban J connectivity index is 1.61. The molecule has 4 rings (SSSR count). The van der Waals surface area contributed by atoms with Crippen LogP contribution in [0.2, 0.25) is 0 Å². The molecule has 0 saturated heterocycles. The summed E-state index contributed by atoms with van der Waals surface area (Å²) in [6, 6.07) is 7.01. The third-order valence-electron chi connectivity index (χ3n) is 6.71. The van der Waals surface area contributed by atoms with Crippen LogP contribution < -0.4 is 16.4 Å². The highest BCUT2D eigenvalue weighted by atomic mass is 32.2. The largest absolute Gasteiger partial charge is 0.369 e. The second kappa shape index (κ2) is 8.19. The lowest BCUT2D eigenvalue weighted by Gasteiger charge is -2.45. The number of nitrogens with zero attached hydrogens (tertiary/aromatic N) is 4. The fraction of sp³-hybridized carbons (Fsp3) is 0.619. The Bertz CT molecular complexity index is 929. The minimum absolute atomic E-state index is 0.0797. The lowest BCUT2D eigenvalue weighted by Crippen LogP contribution is -2.58. The van der Waals surface area contributed by atoms with E-state index in [9.17, 15) is 8.42 Å². The number of anilines is 1. The van der Waals surface area contributed by atoms with E-state index in [2.05, 4.69) is 9.98 Å². The van der Waals surface area contributed by atoms with Crippen LogP contribution in [0.25, 0.3) is 0 Å². The zero-order chi connectivity index (χ0) is 21.4. The molecule has 3 aliphatic rings. The summed E-state index contributed by atoms with van der Waals surface area (Å²) in [5.74, 6) is 0.512. The van der Waals surface area contributed by atoms with Gasteiger partial charge in [0.2, 0.25) is 21.9 Å². The number of rotatable bonds is 4. The van der Waals surface area contributed by atoms with Crippen molar-refractivity contribution in [2.45, 2.75) is 80.8 Å². The molecule has 1 heterocycles. The average Bonchev–Trinajstić information content (AvgIpc) is 2.74. The fourth-order valence-electron chi connectivity index (χ4n) is 5.07. The maximum atomic E-state index is 13.1. The normalized spacial score (nSPS) is 22.8. The summed E-state index contributed by atoms with van der Waals surface area (Å²) < 4.78 is 27.8. The molecular weight excluding hydrogens is 400 g/mol. The number of hydrogen-bond donors (Lipinski definition) is 2. The molecule has 1 aliphatic heterocycles. The van der Waals surface area contributed by atoms with E-state index >= 15 is 0 Å². The smallest absolute Gasteiger partial charge is 0.243 e. The standard InChI is InChI=1S/C21H32N6O2S/c1-26(16-8-4-2-5-9-16)30(28,29)18-12-10-17(11-13-18)27-20(23)24-19(22)25-21(27)14-6-3-7-15-21/h10-13,16H,2-9,14-15H2,1H3,(H4,22,23,24,25). The molecule has 2 saturated carbocycles. The molecule has 0 unspecified atom stereocenters. The molecule has 164 valence electrons. The first kappa shape index (κ1) is 21.1. The van der Waals surface area contributed by atoms with Crippen molar-refractivity contribution >= 4 is 27.6 Å². The van der Waals surface area contributed by atoms with Gasteiger partial charge in [0.25, 0.3) is 0 Å². The second-order valence-corrected chi connectivity index (χ2v) is 10.6. The fourth-order valence-corrected chi connectivity index (χ4v) is 6.49. The lowest BCUT2D eigenvalue weighted by atomic mass is 9.87. The highest BCUT2D eigenvalue weighted by molar-refractivity contribution is 7.89. The summed E-state index contributed by atoms with van der Waals surface area (Å²) in [7, 11) is -1.84. The maximum absolute atomic E-state index is 13.1. The number of guanidine groups is 2. The zero-order valence-corrected chi connectivity index (χ0v) is 18.4. The Kier molecular flexibility index (Phi) is 5.76. The Labute approximate surface area is 179 Å². The van der Waals surface area contributed by atoms with Crippen LogP contribution in [0.4, 0.5) is 5.69 Å². The first-order valence-corrected chi connectivity index (χ1v) is 12.4. The molecule has 0 atom stereocenters. The first-order chi connectivity index (χ1) is 14.3. The molecule has 4 N–H and O–H groups in total. The third kappa shape index (κ3) is 3.80. The highest BCUT2D eigenvalue weighted by Crippen LogP contribution is 2.39. The molecule has 1 aromatic rings. The van der Waals surface area contributed by atoms with Crippen LogP contribution in [-0.2, 0) is 10.0 Å². The van der Waals surface area contributed by atoms with Gasteiger partial charge in [-0.25, -0.2) is 13.4 Å². The van der Waals surface area contributed by atoms with Crippen molar-refractivity contribution in [3.05, 3.63) is 24.3 Å². The molecule has 9 heteroatoms. The van der Waals surface area contributed by atoms with Gasteiger partial charge in [0.1, 0.15) is 5.66 Å². The number of nitrogens with two attached hydrogens (primary N) is 2. The van der Waals surface area contributed by atoms with E-state index in [4.69, 9.17) is 11.5 Å². The summed E-state index contributed by atoms with van der Waals surface area (Å²) in [6.45, 7) is 0. The van der Waals surface area contributed by atoms with E-state index < -0.39 is 15.7 Å². The molecule has 1 spiro atoms. The third-order valence-corrected chi connectivity index (χ3v) is 8.64. The molecule has 30 heavy (non-hydrogen) atoms. The van der Waals surface area contributed by atoms with E-state index in [1.165, 1.54) is 6.42 Å². The van der Waals surface area contributed by atoms with Crippen molar-refractivity contribution in [2.24, 2.45) is 21.5 Å². The van der Waals surface area contributed by atoms with Gasteiger partial charge in [0.15, 0.2) is 0 Å². The summed E-state index contributed by atoms with van der Waals surface area (Å²) in [5.41, 5.74) is 12.4. The van der Waals surface area contributed by atoms with Crippen molar-refractivity contribution in [2.75, 3.05) is 11.9 Å². The van der Waals surface area contributed by atoms with Crippen molar-refractivity contribution in [1.29, 1.82) is 0 Å². The number of hydrogen-bond acceptors (Lipinski definition) is 7. The van der Waals surface area contributed by atoms with Gasteiger partial charge in [-0.1, -0.05) is 25.7 Å². The molecule has 2 aliphatic carbocycles. The summed E-state index contributed by atoms with van der Waals surface area (Å²) in [6.07, 6.45) is 10.1. The molecule has 0 bridgehead atoms. The van der Waals surface area contributed by atoms with Gasteiger partial charge in [0.05, 0.1) is 4.90 Å². The van der Waals surface area contributed by atoms with Crippen LogP contribution >= 0.6 is 0 Å². The Hall–Kier alpha value is -2.13. The molecule has 0 radical (unpaired) electrons. The topological polar surface area (TPSA) is 117 Å². The first-order valence-electron chi connectivity index (χ1n) is 10.9. The van der Waals surface area contributed by atoms with Gasteiger partial charge in [-0.15, -0.1) is 0 Å². The zero-order valence-electron chi connectivity index (χ0n) is 17.6. The minimum Gasteiger partial charge on any atom is -0.369 e. The van der Waals surface area contributed by atoms with E-state index in [0.717, 1.165) is 63.5 Å². The number of sulfonamides is 1. The highest BCUT2D eigenvalue weighted by Gasteiger charge is 2.42. The Morgan fingerprint density at radius 2 is 1.60 bits per heavy atom. The van der Waals surface area contributed by atoms with Gasteiger partial charge in [0, 0.05) is 18.8 Å². The van der Waals surface area contributed by atoms with E-state index in [0.29, 0.717) is 10.9 Å². The maximum Gasteiger partial charge on any atom is 0.243 e. The van der Waals surface area contributed by atoms with Crippen LogP contribution in [-0.4, -0.2) is 43.4 Å². The minimum atomic E-state index is -3.54. The van der Waals surface area contributed by atoms with Crippen molar-refractivity contribution in [3.8, 4) is 0 Å². The SMILES string of the molecule is CN(C1CCCCC1)S(=O)(=O)c1ccc(N2C(N)=NC(N)=NC23CCCCC3)cc1. The number of aliphatic imine (C=N–C) groups is 2. The molecule has 0 amide bonds. The molecule has 0 aromatic heterocycles. The van der Waals surface area contributed by atoms with E-state index in [-0.39, 0.29) is 12.0 Å². The van der Waals surface area contributed by atoms with E-state index in [1.54, 1.807) is 35.6 Å². The molecular formula is C21H32N6O2S. The molecule has 2 fully saturated rings. The van der Waals surface area contributed by atoms with Crippen LogP contribution in [0.1, 0.15) is 64.2 Å². The van der Waals surface area contributed by atoms with Crippen LogP contribution in [0.5, 0.6) is 0 Å². The van der Waals surface area contributed by atoms with E-state index in [1.807, 2.05) is 4.90 Å². The monoisotopic (exact) mass is 432 g/mol. The average molecular weight is 433 g/mol. The van der Waals surface area contributed by atoms with Crippen molar-refractivity contribution in [1.82, 2.24) is 4.31 Å². The van der Waals surface area contributed by atoms with Gasteiger partial charge in [-0.3, -0.25) is 4.90 Å². The van der Waals surface area contributed by atoms with Crippen LogP contribution in [0, 0.1) is 0 Å². The summed E-state index contributed by atoms with van der Waals surface area (Å²) in [5, 5.41) is 0. The quantitative estimate of drug-likeness (QED) is 0.758. The van der Waals surface area contributed by atoms with Crippen LogP contribution in [0.15, 0.2) is 39.1 Å². The van der Waals surface area contributed by atoms with Gasteiger partial charge in [-0.05, 0) is 62.8 Å². The Morgan fingerprint density at radius 1 is 1.00 bits per heavy atom. The van der Waals surface area contributed by atoms with Gasteiger partial charge in [-0.2, -0.15) is 9.30 Å². The lowest BCUT2D eigenvalue weighted by molar-refractivity contribution is 0.286. The van der Waals surface area contributed by atoms with Crippen molar-refractivity contribution in [3.63, 3.8) is 0 Å². The predicted molar refractivity (Wildman–Crippen MR) is 120 cm³/mol. The summed E-state index contributed by atoms with van der Waals surface area (Å²) >= 11 is 0. The van der Waals surface area contributed by atoms with Crippen molar-refractivity contribution < 1.29 is 8.42 Å². The number of benzene rings is 1. The summed E-state index contributed by atoms with van der Waals surface area (Å²) in [4.78, 5) is 11.1. The second-order valence-electron chi connectivity index (χ2n) is 8.63. The van der Waals surface area contributed by atoms with Gasteiger partial charge < -0.3 is 11.5 Å². The molecule has 1 aromatic carbocycles. The van der Waals surface area contributed by atoms with Crippen LogP contribution in [0.3, 0.4) is 0 Å². The Morgan fingerprint density at radius 3 is 2.23 bits per heavy atom.